The molecule has 8 nitrogen and oxygen atoms in total. The Balaban J connectivity index is 1.42. The van der Waals surface area contributed by atoms with Crippen molar-refractivity contribution in [1.29, 1.82) is 0 Å². The van der Waals surface area contributed by atoms with Crippen LogP contribution in [0.3, 0.4) is 0 Å². The van der Waals surface area contributed by atoms with Crippen molar-refractivity contribution in [3.05, 3.63) is 149 Å². The summed E-state index contributed by atoms with van der Waals surface area (Å²) in [7, 11) is -7.92. The van der Waals surface area contributed by atoms with Gasteiger partial charge in [0.15, 0.2) is 0 Å². The second-order valence-electron chi connectivity index (χ2n) is 9.42. The zero-order valence-corrected chi connectivity index (χ0v) is 25.8. The van der Waals surface area contributed by atoms with Crippen LogP contribution in [-0.4, -0.2) is 22.7 Å². The molecule has 43 heavy (non-hydrogen) atoms. The molecule has 1 amide bonds. The van der Waals surface area contributed by atoms with E-state index in [0.717, 1.165) is 10.0 Å². The van der Waals surface area contributed by atoms with Crippen molar-refractivity contribution in [3.63, 3.8) is 0 Å². The quantitative estimate of drug-likeness (QED) is 0.167. The number of nitrogens with one attached hydrogen (secondary N) is 2. The highest BCUT2D eigenvalue weighted by atomic mass is 79.9. The van der Waals surface area contributed by atoms with Crippen molar-refractivity contribution < 1.29 is 21.6 Å². The fourth-order valence-electron chi connectivity index (χ4n) is 4.30. The Kier molecular flexibility index (Phi) is 8.95. The summed E-state index contributed by atoms with van der Waals surface area (Å²) in [6.45, 7) is 0.000282. The van der Waals surface area contributed by atoms with Gasteiger partial charge in [-0.15, -0.1) is 0 Å². The summed E-state index contributed by atoms with van der Waals surface area (Å²) in [6, 6.07) is 36.0. The van der Waals surface area contributed by atoms with Crippen LogP contribution < -0.4 is 14.3 Å². The average Bonchev–Trinajstić information content (AvgIpc) is 3.02. The lowest BCUT2D eigenvalue weighted by Crippen LogP contribution is -2.32. The van der Waals surface area contributed by atoms with E-state index in [1.54, 1.807) is 66.7 Å². The van der Waals surface area contributed by atoms with Gasteiger partial charge in [0, 0.05) is 15.8 Å². The largest absolute Gasteiger partial charge is 0.322 e. The second kappa shape index (κ2) is 12.8. The Bertz CT molecular complexity index is 1940. The van der Waals surface area contributed by atoms with Gasteiger partial charge in [-0.25, -0.2) is 16.8 Å². The van der Waals surface area contributed by atoms with Crippen LogP contribution in [0.5, 0.6) is 0 Å². The maximum absolute atomic E-state index is 13.9. The highest BCUT2D eigenvalue weighted by Crippen LogP contribution is 2.30. The highest BCUT2D eigenvalue weighted by molar-refractivity contribution is 9.10. The van der Waals surface area contributed by atoms with Gasteiger partial charge in [-0.2, -0.15) is 0 Å². The molecule has 0 aromatic heterocycles. The molecule has 5 aromatic rings. The molecule has 0 atom stereocenters. The van der Waals surface area contributed by atoms with Crippen LogP contribution in [0.25, 0.3) is 0 Å². The zero-order valence-electron chi connectivity index (χ0n) is 22.6. The Hall–Kier alpha value is -4.45. The molecule has 0 aliphatic heterocycles. The molecule has 5 rings (SSSR count). The van der Waals surface area contributed by atoms with Gasteiger partial charge in [-0.1, -0.05) is 76.6 Å². The molecule has 0 fully saturated rings. The first-order chi connectivity index (χ1) is 20.6. The van der Waals surface area contributed by atoms with Gasteiger partial charge in [-0.3, -0.25) is 13.8 Å². The molecule has 0 aliphatic carbocycles. The van der Waals surface area contributed by atoms with Crippen molar-refractivity contribution in [2.24, 2.45) is 0 Å². The van der Waals surface area contributed by atoms with Gasteiger partial charge in [0.05, 0.1) is 27.6 Å². The molecule has 218 valence electrons. The lowest BCUT2D eigenvalue weighted by atomic mass is 10.1. The minimum atomic E-state index is -4.05. The lowest BCUT2D eigenvalue weighted by Gasteiger charge is -2.26. The normalized spacial score (nSPS) is 11.5. The number of halogens is 1. The summed E-state index contributed by atoms with van der Waals surface area (Å²) in [5, 5.41) is 2.76. The third-order valence-corrected chi connectivity index (χ3v) is 10.1. The van der Waals surface area contributed by atoms with E-state index in [4.69, 9.17) is 0 Å². The van der Waals surface area contributed by atoms with Crippen LogP contribution in [0.2, 0.25) is 0 Å². The fraction of sp³-hybridized carbons (Fsp3) is 0.0312. The number of benzene rings is 5. The van der Waals surface area contributed by atoms with Gasteiger partial charge in [0.25, 0.3) is 26.0 Å². The van der Waals surface area contributed by atoms with Gasteiger partial charge in [0.1, 0.15) is 0 Å². The van der Waals surface area contributed by atoms with Crippen LogP contribution in [0.4, 0.5) is 17.1 Å². The van der Waals surface area contributed by atoms with Crippen molar-refractivity contribution >= 4 is 58.9 Å². The molecule has 0 bridgehead atoms. The molecule has 2 N–H and O–H groups in total. The molecular weight excluding hydrogens is 650 g/mol. The van der Waals surface area contributed by atoms with Crippen LogP contribution in [0.1, 0.15) is 15.9 Å². The predicted molar refractivity (Wildman–Crippen MR) is 172 cm³/mol. The number of nitrogens with zero attached hydrogens (tertiary/aromatic N) is 1. The summed E-state index contributed by atoms with van der Waals surface area (Å²) >= 11 is 3.32. The number of anilines is 3. The van der Waals surface area contributed by atoms with Crippen molar-refractivity contribution in [2.45, 2.75) is 16.3 Å². The van der Waals surface area contributed by atoms with Crippen LogP contribution in [0.15, 0.2) is 148 Å². The summed E-state index contributed by atoms with van der Waals surface area (Å²) in [5.74, 6) is -0.555. The molecule has 0 heterocycles. The smallest absolute Gasteiger partial charge is 0.264 e. The molecule has 0 spiro atoms. The molecule has 0 saturated carbocycles. The molecule has 0 radical (unpaired) electrons. The van der Waals surface area contributed by atoms with E-state index >= 15 is 0 Å². The zero-order chi connectivity index (χ0) is 30.5. The predicted octanol–water partition coefficient (Wildman–Crippen LogP) is 6.90. The Morgan fingerprint density at radius 1 is 0.628 bits per heavy atom. The second-order valence-corrected chi connectivity index (χ2v) is 13.9. The average molecular weight is 677 g/mol. The maximum atomic E-state index is 13.9. The van der Waals surface area contributed by atoms with Crippen LogP contribution in [-0.2, 0) is 26.6 Å². The summed E-state index contributed by atoms with van der Waals surface area (Å²) < 4.78 is 58.0. The summed E-state index contributed by atoms with van der Waals surface area (Å²) in [5.41, 5.74) is 1.81. The van der Waals surface area contributed by atoms with Gasteiger partial charge in [0.2, 0.25) is 0 Å². The van der Waals surface area contributed by atoms with E-state index in [-0.39, 0.29) is 27.6 Å². The molecule has 0 aliphatic rings. The maximum Gasteiger partial charge on any atom is 0.264 e. The Morgan fingerprint density at radius 3 is 1.84 bits per heavy atom. The summed E-state index contributed by atoms with van der Waals surface area (Å²) in [6.07, 6.45) is 0. The van der Waals surface area contributed by atoms with Crippen molar-refractivity contribution in [3.8, 4) is 0 Å². The van der Waals surface area contributed by atoms with E-state index in [1.807, 2.05) is 30.3 Å². The van der Waals surface area contributed by atoms with Gasteiger partial charge in [-0.05, 0) is 78.4 Å². The lowest BCUT2D eigenvalue weighted by molar-refractivity contribution is 0.102. The summed E-state index contributed by atoms with van der Waals surface area (Å²) in [4.78, 5) is 13.6. The Labute approximate surface area is 259 Å². The number of hydrogen-bond donors (Lipinski definition) is 2. The van der Waals surface area contributed by atoms with E-state index in [2.05, 4.69) is 26.0 Å². The number of sulfonamides is 2. The van der Waals surface area contributed by atoms with Crippen molar-refractivity contribution in [1.82, 2.24) is 0 Å². The highest BCUT2D eigenvalue weighted by Gasteiger charge is 2.28. The molecule has 11 heteroatoms. The van der Waals surface area contributed by atoms with Gasteiger partial charge >= 0.3 is 0 Å². The van der Waals surface area contributed by atoms with Crippen LogP contribution in [0, 0.1) is 0 Å². The Morgan fingerprint density at radius 2 is 1.19 bits per heavy atom. The van der Waals surface area contributed by atoms with Gasteiger partial charge < -0.3 is 5.32 Å². The van der Waals surface area contributed by atoms with E-state index < -0.39 is 26.0 Å². The first-order valence-corrected chi connectivity index (χ1v) is 16.8. The number of rotatable bonds is 10. The SMILES string of the molecule is O=C(Nc1ccc(S(=O)(=O)Nc2ccc(Br)cc2)cc1)c1ccccc1N(Cc1ccccc1)S(=O)(=O)c1ccccc1. The fourth-order valence-corrected chi connectivity index (χ4v) is 7.12. The third kappa shape index (κ3) is 7.14. The number of carbonyl (C=O) groups excluding carboxylic acids is 1. The third-order valence-electron chi connectivity index (χ3n) is 6.44. The topological polar surface area (TPSA) is 113 Å². The number of carbonyl (C=O) groups is 1. The monoisotopic (exact) mass is 675 g/mol. The minimum Gasteiger partial charge on any atom is -0.322 e. The number of amides is 1. The first-order valence-electron chi connectivity index (χ1n) is 13.0. The molecular formula is C32H26BrN3O5S2. The van der Waals surface area contributed by atoms with E-state index in [0.29, 0.717) is 11.4 Å². The molecule has 0 unspecified atom stereocenters. The standard InChI is InChI=1S/C32H26BrN3O5S2/c33-25-15-17-27(18-16-25)35-42(38,39)28-21-19-26(20-22-28)34-32(37)30-13-7-8-14-31(30)36(23-24-9-3-1-4-10-24)43(40,41)29-11-5-2-6-12-29/h1-22,35H,23H2,(H,34,37). The van der Waals surface area contributed by atoms with E-state index in [1.165, 1.54) is 40.7 Å². The van der Waals surface area contributed by atoms with Crippen LogP contribution >= 0.6 is 15.9 Å². The van der Waals surface area contributed by atoms with E-state index in [9.17, 15) is 21.6 Å². The first kappa shape index (κ1) is 30.0. The number of hydrogen-bond acceptors (Lipinski definition) is 5. The molecule has 5 aromatic carbocycles. The minimum absolute atomic E-state index is 0.000282. The molecule has 0 saturated heterocycles. The van der Waals surface area contributed by atoms with Crippen molar-refractivity contribution in [2.75, 3.05) is 14.3 Å². The number of para-hydroxylation sites is 1.